The van der Waals surface area contributed by atoms with Gasteiger partial charge in [-0.15, -0.1) is 0 Å². The highest BCUT2D eigenvalue weighted by atomic mass is 16.6. The van der Waals surface area contributed by atoms with Gasteiger partial charge in [0.25, 0.3) is 0 Å². The minimum Gasteiger partial charge on any atom is -0.444 e. The fraction of sp³-hybridized carbons (Fsp3) is 0.609. The maximum absolute atomic E-state index is 12.6. The predicted molar refractivity (Wildman–Crippen MR) is 125 cm³/mol. The number of nitrogens with one attached hydrogen (secondary N) is 3. The quantitative estimate of drug-likeness (QED) is 0.351. The smallest absolute Gasteiger partial charge is 0.408 e. The SMILES string of the molecule is CN=C(NCCCC(=O)N1CCc2ccccc21)NCC(C)(C)NC(=O)OC(C)(C)C. The highest BCUT2D eigenvalue weighted by Gasteiger charge is 2.25. The summed E-state index contributed by atoms with van der Waals surface area (Å²) in [6.45, 7) is 11.2. The van der Waals surface area contributed by atoms with E-state index >= 15 is 0 Å². The number of nitrogens with zero attached hydrogens (tertiary/aromatic N) is 2. The molecule has 0 spiro atoms. The van der Waals surface area contributed by atoms with Gasteiger partial charge in [0.15, 0.2) is 5.96 Å². The third-order valence-corrected chi connectivity index (χ3v) is 4.81. The van der Waals surface area contributed by atoms with Crippen molar-refractivity contribution in [3.8, 4) is 0 Å². The van der Waals surface area contributed by atoms with Crippen LogP contribution in [0.2, 0.25) is 0 Å². The van der Waals surface area contributed by atoms with Gasteiger partial charge >= 0.3 is 6.09 Å². The van der Waals surface area contributed by atoms with Gasteiger partial charge in [-0.05, 0) is 59.1 Å². The third-order valence-electron chi connectivity index (χ3n) is 4.81. The first-order valence-electron chi connectivity index (χ1n) is 10.8. The molecule has 2 amide bonds. The first kappa shape index (κ1) is 24.5. The number of hydrogen-bond donors (Lipinski definition) is 3. The molecule has 8 nitrogen and oxygen atoms in total. The second-order valence-corrected chi connectivity index (χ2v) is 9.39. The van der Waals surface area contributed by atoms with Gasteiger partial charge in [-0.1, -0.05) is 18.2 Å². The van der Waals surface area contributed by atoms with Crippen LogP contribution in [-0.2, 0) is 16.0 Å². The molecular weight excluding hydrogens is 394 g/mol. The maximum Gasteiger partial charge on any atom is 0.408 e. The highest BCUT2D eigenvalue weighted by molar-refractivity contribution is 5.95. The van der Waals surface area contributed by atoms with Gasteiger partial charge < -0.3 is 25.6 Å². The number of rotatable bonds is 7. The maximum atomic E-state index is 12.6. The van der Waals surface area contributed by atoms with E-state index in [0.717, 1.165) is 18.7 Å². The zero-order valence-electron chi connectivity index (χ0n) is 19.7. The van der Waals surface area contributed by atoms with Crippen LogP contribution in [0.3, 0.4) is 0 Å². The molecule has 1 aliphatic heterocycles. The van der Waals surface area contributed by atoms with Crippen LogP contribution in [0.15, 0.2) is 29.3 Å². The van der Waals surface area contributed by atoms with Crippen molar-refractivity contribution >= 4 is 23.6 Å². The van der Waals surface area contributed by atoms with Crippen LogP contribution in [0.1, 0.15) is 53.0 Å². The lowest BCUT2D eigenvalue weighted by Gasteiger charge is -2.29. The Bertz CT molecular complexity index is 799. The topological polar surface area (TPSA) is 95.1 Å². The Labute approximate surface area is 185 Å². The number of carbonyl (C=O) groups excluding carboxylic acids is 2. The summed E-state index contributed by atoms with van der Waals surface area (Å²) < 4.78 is 5.31. The minimum absolute atomic E-state index is 0.150. The number of ether oxygens (including phenoxy) is 1. The molecule has 8 heteroatoms. The Kier molecular flexibility index (Phi) is 8.30. The van der Waals surface area contributed by atoms with E-state index in [2.05, 4.69) is 27.0 Å². The fourth-order valence-corrected chi connectivity index (χ4v) is 3.33. The molecule has 1 heterocycles. The molecule has 0 atom stereocenters. The Morgan fingerprint density at radius 1 is 1.13 bits per heavy atom. The van der Waals surface area contributed by atoms with Crippen molar-refractivity contribution < 1.29 is 14.3 Å². The average molecular weight is 432 g/mol. The number of anilines is 1. The van der Waals surface area contributed by atoms with E-state index in [0.29, 0.717) is 31.9 Å². The number of guanidine groups is 1. The van der Waals surface area contributed by atoms with Gasteiger partial charge in [-0.3, -0.25) is 9.79 Å². The second-order valence-electron chi connectivity index (χ2n) is 9.39. The molecule has 0 fully saturated rings. The third kappa shape index (κ3) is 8.11. The summed E-state index contributed by atoms with van der Waals surface area (Å²) in [5, 5.41) is 9.29. The van der Waals surface area contributed by atoms with Gasteiger partial charge in [0.1, 0.15) is 5.60 Å². The van der Waals surface area contributed by atoms with Gasteiger partial charge in [-0.2, -0.15) is 0 Å². The molecule has 3 N–H and O–H groups in total. The molecule has 1 aromatic carbocycles. The minimum atomic E-state index is -0.542. The molecule has 0 radical (unpaired) electrons. The Hall–Kier alpha value is -2.77. The number of hydrogen-bond acceptors (Lipinski definition) is 4. The number of amides is 2. The molecule has 2 rings (SSSR count). The first-order valence-corrected chi connectivity index (χ1v) is 10.8. The summed E-state index contributed by atoms with van der Waals surface area (Å²) in [5.41, 5.74) is 1.21. The summed E-state index contributed by atoms with van der Waals surface area (Å²) in [6, 6.07) is 8.08. The molecule has 1 aromatic rings. The molecule has 0 saturated carbocycles. The summed E-state index contributed by atoms with van der Waals surface area (Å²) in [6.07, 6.45) is 1.65. The van der Waals surface area contributed by atoms with Crippen LogP contribution in [0.5, 0.6) is 0 Å². The molecule has 0 saturated heterocycles. The van der Waals surface area contributed by atoms with Gasteiger partial charge in [0, 0.05) is 38.8 Å². The van der Waals surface area contributed by atoms with E-state index < -0.39 is 17.2 Å². The lowest BCUT2D eigenvalue weighted by Crippen LogP contribution is -2.54. The number of fused-ring (bicyclic) bond motifs is 1. The Morgan fingerprint density at radius 2 is 1.84 bits per heavy atom. The number of para-hydroxylation sites is 1. The van der Waals surface area contributed by atoms with Gasteiger partial charge in [0.05, 0.1) is 5.54 Å². The van der Waals surface area contributed by atoms with Crippen molar-refractivity contribution in [3.63, 3.8) is 0 Å². The van der Waals surface area contributed by atoms with Crippen molar-refractivity contribution in [2.75, 3.05) is 31.6 Å². The second kappa shape index (κ2) is 10.5. The lowest BCUT2D eigenvalue weighted by atomic mass is 10.1. The molecule has 1 aliphatic rings. The standard InChI is InChI=1S/C23H37N5O3/c1-22(2,3)31-21(30)27-23(4,5)16-26-20(24-6)25-14-9-12-19(29)28-15-13-17-10-7-8-11-18(17)28/h7-8,10-11H,9,12-16H2,1-6H3,(H,27,30)(H2,24,25,26). The van der Waals surface area contributed by atoms with Crippen LogP contribution in [-0.4, -0.2) is 55.8 Å². The molecule has 0 unspecified atom stereocenters. The van der Waals surface area contributed by atoms with Gasteiger partial charge in [-0.25, -0.2) is 4.79 Å². The average Bonchev–Trinajstić information content (AvgIpc) is 3.09. The molecule has 0 aliphatic carbocycles. The Morgan fingerprint density at radius 3 is 2.52 bits per heavy atom. The molecular formula is C23H37N5O3. The van der Waals surface area contributed by atoms with Crippen LogP contribution < -0.4 is 20.9 Å². The van der Waals surface area contributed by atoms with E-state index in [9.17, 15) is 9.59 Å². The van der Waals surface area contributed by atoms with Crippen molar-refractivity contribution in [3.05, 3.63) is 29.8 Å². The molecule has 172 valence electrons. The molecule has 0 aromatic heterocycles. The lowest BCUT2D eigenvalue weighted by molar-refractivity contribution is -0.118. The predicted octanol–water partition coefficient (Wildman–Crippen LogP) is 2.82. The normalized spacial score (nSPS) is 14.1. The highest BCUT2D eigenvalue weighted by Crippen LogP contribution is 2.27. The number of alkyl carbamates (subject to hydrolysis) is 1. The molecule has 0 bridgehead atoms. The van der Waals surface area contributed by atoms with E-state index in [-0.39, 0.29) is 5.91 Å². The van der Waals surface area contributed by atoms with E-state index in [4.69, 9.17) is 4.74 Å². The summed E-state index contributed by atoms with van der Waals surface area (Å²) >= 11 is 0. The number of aliphatic imine (C=N–C) groups is 1. The fourth-order valence-electron chi connectivity index (χ4n) is 3.33. The number of benzene rings is 1. The van der Waals surface area contributed by atoms with Gasteiger partial charge in [0.2, 0.25) is 5.91 Å². The summed E-state index contributed by atoms with van der Waals surface area (Å²) in [7, 11) is 1.69. The molecule has 31 heavy (non-hydrogen) atoms. The first-order chi connectivity index (χ1) is 14.5. The Balaban J connectivity index is 1.70. The van der Waals surface area contributed by atoms with Crippen molar-refractivity contribution in [2.24, 2.45) is 4.99 Å². The largest absolute Gasteiger partial charge is 0.444 e. The monoisotopic (exact) mass is 431 g/mol. The van der Waals surface area contributed by atoms with Crippen LogP contribution >= 0.6 is 0 Å². The zero-order valence-corrected chi connectivity index (χ0v) is 19.7. The van der Waals surface area contributed by atoms with Crippen molar-refractivity contribution in [1.29, 1.82) is 0 Å². The van der Waals surface area contributed by atoms with E-state index in [1.165, 1.54) is 5.56 Å². The van der Waals surface area contributed by atoms with E-state index in [1.54, 1.807) is 7.05 Å². The van der Waals surface area contributed by atoms with Crippen molar-refractivity contribution in [2.45, 2.75) is 65.0 Å². The van der Waals surface area contributed by atoms with E-state index in [1.807, 2.05) is 57.7 Å². The number of carbonyl (C=O) groups is 2. The van der Waals surface area contributed by atoms with Crippen LogP contribution in [0, 0.1) is 0 Å². The summed E-state index contributed by atoms with van der Waals surface area (Å²) in [5.74, 6) is 0.774. The van der Waals surface area contributed by atoms with Crippen LogP contribution in [0.25, 0.3) is 0 Å². The zero-order chi connectivity index (χ0) is 23.1. The summed E-state index contributed by atoms with van der Waals surface area (Å²) in [4.78, 5) is 30.7. The van der Waals surface area contributed by atoms with Crippen molar-refractivity contribution in [1.82, 2.24) is 16.0 Å². The van der Waals surface area contributed by atoms with Crippen LogP contribution in [0.4, 0.5) is 10.5 Å².